The Bertz CT molecular complexity index is 1250. The van der Waals surface area contributed by atoms with Gasteiger partial charge in [-0.25, -0.2) is 0 Å². The summed E-state index contributed by atoms with van der Waals surface area (Å²) in [5, 5.41) is 9.86. The number of rotatable bonds is 0. The molecule has 1 unspecified atom stereocenters. The van der Waals surface area contributed by atoms with Crippen molar-refractivity contribution in [3.63, 3.8) is 0 Å². The van der Waals surface area contributed by atoms with Gasteiger partial charge in [-0.05, 0) is 73.3 Å². The molecule has 4 fully saturated rings. The molecular formula is C31H39NO4. The maximum Gasteiger partial charge on any atom is 0.313 e. The lowest BCUT2D eigenvalue weighted by Crippen LogP contribution is -2.71. The van der Waals surface area contributed by atoms with E-state index in [9.17, 15) is 19.6 Å². The van der Waals surface area contributed by atoms with Crippen molar-refractivity contribution in [1.82, 2.24) is 0 Å². The van der Waals surface area contributed by atoms with Crippen LogP contribution < -0.4 is 0 Å². The minimum absolute atomic E-state index is 0.00167. The second-order valence-corrected chi connectivity index (χ2v) is 14.9. The molecule has 1 saturated heterocycles. The summed E-state index contributed by atoms with van der Waals surface area (Å²) in [4.78, 5) is 41.3. The molecule has 2 bridgehead atoms. The third-order valence-electron chi connectivity index (χ3n) is 12.7. The summed E-state index contributed by atoms with van der Waals surface area (Å²) < 4.78 is 6.45. The molecule has 36 heavy (non-hydrogen) atoms. The number of hydrogen-bond acceptors (Lipinski definition) is 5. The number of allylic oxidation sites excluding steroid dienone is 3. The second kappa shape index (κ2) is 6.43. The zero-order valence-electron chi connectivity index (χ0n) is 22.8. The highest BCUT2D eigenvalue weighted by Gasteiger charge is 2.82. The van der Waals surface area contributed by atoms with Crippen LogP contribution in [0.5, 0.6) is 0 Å². The molecule has 6 rings (SSSR count). The Labute approximate surface area is 214 Å². The summed E-state index contributed by atoms with van der Waals surface area (Å²) in [5.41, 5.74) is -2.60. The quantitative estimate of drug-likeness (QED) is 0.396. The van der Waals surface area contributed by atoms with Gasteiger partial charge in [0.1, 0.15) is 6.07 Å². The number of ether oxygens (including phenoxy) is 1. The largest absolute Gasteiger partial charge is 0.449 e. The molecule has 0 amide bonds. The average Bonchev–Trinajstić information content (AvgIpc) is 2.98. The summed E-state index contributed by atoms with van der Waals surface area (Å²) in [6, 6.07) is 2.16. The van der Waals surface area contributed by atoms with Crippen LogP contribution in [0.1, 0.15) is 93.4 Å². The first-order valence-corrected chi connectivity index (χ1v) is 13.7. The van der Waals surface area contributed by atoms with E-state index < -0.39 is 32.7 Å². The third-order valence-corrected chi connectivity index (χ3v) is 12.7. The van der Waals surface area contributed by atoms with Crippen LogP contribution in [0.25, 0.3) is 0 Å². The first-order chi connectivity index (χ1) is 16.6. The number of carbonyl (C=O) groups excluding carboxylic acids is 3. The van der Waals surface area contributed by atoms with Crippen molar-refractivity contribution in [1.29, 1.82) is 5.26 Å². The smallest absolute Gasteiger partial charge is 0.313 e. The van der Waals surface area contributed by atoms with Crippen molar-refractivity contribution in [2.45, 2.75) is 99.0 Å². The van der Waals surface area contributed by atoms with Crippen molar-refractivity contribution in [2.75, 3.05) is 0 Å². The minimum Gasteiger partial charge on any atom is -0.449 e. The summed E-state index contributed by atoms with van der Waals surface area (Å²) >= 11 is 0. The van der Waals surface area contributed by atoms with Gasteiger partial charge in [0.25, 0.3) is 0 Å². The highest BCUT2D eigenvalue weighted by molar-refractivity contribution is 6.06. The van der Waals surface area contributed by atoms with E-state index in [0.29, 0.717) is 0 Å². The third kappa shape index (κ3) is 2.29. The Morgan fingerprint density at radius 3 is 2.25 bits per heavy atom. The monoisotopic (exact) mass is 489 g/mol. The number of nitriles is 1. The van der Waals surface area contributed by atoms with Gasteiger partial charge in [0.15, 0.2) is 17.2 Å². The highest BCUT2D eigenvalue weighted by Crippen LogP contribution is 2.78. The Morgan fingerprint density at radius 2 is 1.58 bits per heavy atom. The van der Waals surface area contributed by atoms with Gasteiger partial charge in [-0.2, -0.15) is 5.26 Å². The van der Waals surface area contributed by atoms with Crippen molar-refractivity contribution in [3.8, 4) is 6.07 Å². The number of esters is 1. The van der Waals surface area contributed by atoms with Gasteiger partial charge < -0.3 is 4.74 Å². The van der Waals surface area contributed by atoms with Crippen LogP contribution >= 0.6 is 0 Å². The van der Waals surface area contributed by atoms with Gasteiger partial charge in [-0.15, -0.1) is 0 Å². The molecule has 1 spiro atoms. The van der Waals surface area contributed by atoms with Crippen molar-refractivity contribution < 1.29 is 19.1 Å². The van der Waals surface area contributed by atoms with Crippen LogP contribution in [0, 0.1) is 55.7 Å². The molecule has 0 N–H and O–H groups in total. The van der Waals surface area contributed by atoms with E-state index in [-0.39, 0.29) is 40.4 Å². The Kier molecular flexibility index (Phi) is 4.31. The Balaban J connectivity index is 1.60. The fourth-order valence-corrected chi connectivity index (χ4v) is 10.4. The summed E-state index contributed by atoms with van der Waals surface area (Å²) in [7, 11) is 0. The number of carbonyl (C=O) groups is 3. The molecule has 7 atom stereocenters. The first-order valence-electron chi connectivity index (χ1n) is 13.7. The molecule has 5 nitrogen and oxygen atoms in total. The van der Waals surface area contributed by atoms with Crippen molar-refractivity contribution in [2.24, 2.45) is 44.3 Å². The predicted octanol–water partition coefficient (Wildman–Crippen LogP) is 5.89. The standard InChI is InChI=1S/C31H39NO4/c1-25(2)10-12-30-13-11-29(7)28(6)9-8-19-26(3,4)23(34)18(17-32)15-27(19,5)20(28)14-22(33)31(29,21(30)16-25)36-24(30)35/h14-15,19,21H,8-13,16H2,1-7H3/t19-,21?,27-,28+,29-,30-,31+/m0/s1. The lowest BCUT2D eigenvalue weighted by Gasteiger charge is -2.68. The van der Waals surface area contributed by atoms with Gasteiger partial charge in [-0.1, -0.05) is 54.5 Å². The maximum atomic E-state index is 14.5. The first kappa shape index (κ1) is 24.1. The van der Waals surface area contributed by atoms with E-state index in [2.05, 4.69) is 40.7 Å². The van der Waals surface area contributed by atoms with E-state index in [1.165, 1.54) is 0 Å². The molecule has 3 saturated carbocycles. The van der Waals surface area contributed by atoms with Crippen LogP contribution in [0.4, 0.5) is 0 Å². The van der Waals surface area contributed by atoms with E-state index >= 15 is 0 Å². The summed E-state index contributed by atoms with van der Waals surface area (Å²) in [6.45, 7) is 15.0. The summed E-state index contributed by atoms with van der Waals surface area (Å²) in [5.74, 6) is -0.433. The van der Waals surface area contributed by atoms with Crippen LogP contribution in [0.2, 0.25) is 0 Å². The molecule has 1 heterocycles. The molecule has 0 aromatic rings. The van der Waals surface area contributed by atoms with Gasteiger partial charge in [0.05, 0.1) is 11.0 Å². The number of hydrogen-bond donors (Lipinski definition) is 0. The van der Waals surface area contributed by atoms with E-state index in [0.717, 1.165) is 50.5 Å². The van der Waals surface area contributed by atoms with Crippen LogP contribution in [-0.4, -0.2) is 23.1 Å². The molecule has 5 aliphatic carbocycles. The number of Topliss-reactive ketones (excluding diaryl/α,β-unsaturated/α-hetero) is 1. The van der Waals surface area contributed by atoms with Crippen molar-refractivity contribution >= 4 is 17.5 Å². The van der Waals surface area contributed by atoms with Crippen LogP contribution in [-0.2, 0) is 19.1 Å². The van der Waals surface area contributed by atoms with Crippen LogP contribution in [0.15, 0.2) is 23.3 Å². The molecular weight excluding hydrogens is 450 g/mol. The normalized spacial score (nSPS) is 49.9. The van der Waals surface area contributed by atoms with Crippen molar-refractivity contribution in [3.05, 3.63) is 23.3 Å². The van der Waals surface area contributed by atoms with Gasteiger partial charge in [0, 0.05) is 22.2 Å². The average molecular weight is 490 g/mol. The predicted molar refractivity (Wildman–Crippen MR) is 134 cm³/mol. The molecule has 6 aliphatic rings. The lowest BCUT2D eigenvalue weighted by atomic mass is 9.33. The van der Waals surface area contributed by atoms with E-state index in [4.69, 9.17) is 4.74 Å². The van der Waals surface area contributed by atoms with Gasteiger partial charge in [-0.3, -0.25) is 14.4 Å². The summed E-state index contributed by atoms with van der Waals surface area (Å²) in [6.07, 6.45) is 9.46. The van der Waals surface area contributed by atoms with E-state index in [1.54, 1.807) is 0 Å². The molecule has 0 radical (unpaired) electrons. The lowest BCUT2D eigenvalue weighted by molar-refractivity contribution is -0.206. The molecule has 192 valence electrons. The molecule has 0 aromatic heterocycles. The number of nitrogens with zero attached hydrogens (tertiary/aromatic N) is 1. The molecule has 0 aromatic carbocycles. The highest BCUT2D eigenvalue weighted by atomic mass is 16.6. The molecule has 5 heteroatoms. The number of ketones is 2. The zero-order valence-corrected chi connectivity index (χ0v) is 22.8. The topological polar surface area (TPSA) is 84.2 Å². The fraction of sp³-hybridized carbons (Fsp3) is 0.742. The van der Waals surface area contributed by atoms with E-state index in [1.807, 2.05) is 26.0 Å². The van der Waals surface area contributed by atoms with Crippen LogP contribution in [0.3, 0.4) is 0 Å². The zero-order chi connectivity index (χ0) is 26.3. The van der Waals surface area contributed by atoms with Gasteiger partial charge >= 0.3 is 5.97 Å². The Morgan fingerprint density at radius 1 is 0.917 bits per heavy atom. The van der Waals surface area contributed by atoms with Gasteiger partial charge in [0.2, 0.25) is 0 Å². The molecule has 1 aliphatic heterocycles. The second-order valence-electron chi connectivity index (χ2n) is 14.9. The Hall–Kier alpha value is -2.22. The maximum absolute atomic E-state index is 14.5. The number of fused-ring (bicyclic) bond motifs is 4. The minimum atomic E-state index is -1.14. The SMILES string of the molecule is CC1(C)CC[C@@]23CC[C@@]4(C)[C@]5(C)CC[C@H]6C(C)(C)C(=O)C(C#N)=C[C@]6(C)C5=CC(=O)[C@]4(OC2=O)C3C1. The fourth-order valence-electron chi connectivity index (χ4n) is 10.4.